The van der Waals surface area contributed by atoms with Crippen LogP contribution in [0.4, 0.5) is 0 Å². The topological polar surface area (TPSA) is 63.6 Å². The Morgan fingerprint density at radius 1 is 1.31 bits per heavy atom. The minimum atomic E-state index is -0.840. The smallest absolute Gasteiger partial charge is 0.310 e. The zero-order valence-electron chi connectivity index (χ0n) is 7.71. The molecule has 0 unspecified atom stereocenters. The van der Waals surface area contributed by atoms with Gasteiger partial charge in [0.1, 0.15) is 0 Å². The molecular formula is C9H14O4. The van der Waals surface area contributed by atoms with Crippen LogP contribution in [0.15, 0.2) is 12.3 Å². The van der Waals surface area contributed by atoms with Gasteiger partial charge in [-0.3, -0.25) is 9.59 Å². The second-order valence-corrected chi connectivity index (χ2v) is 2.78. The molecule has 0 aliphatic rings. The standard InChI is InChI=1S/C9H14O4/c1-7(2)13-9(12)6-4-3-5-8(10)11/h1,3-6H2,2H3,(H,10,11). The molecule has 0 aliphatic carbocycles. The molecule has 0 spiro atoms. The predicted octanol–water partition coefficient (Wildman–Crippen LogP) is 1.71. The van der Waals surface area contributed by atoms with Crippen molar-refractivity contribution in [3.05, 3.63) is 12.3 Å². The third-order valence-electron chi connectivity index (χ3n) is 1.31. The molecule has 74 valence electrons. The highest BCUT2D eigenvalue weighted by Gasteiger charge is 2.03. The van der Waals surface area contributed by atoms with Crippen molar-refractivity contribution < 1.29 is 19.4 Å². The summed E-state index contributed by atoms with van der Waals surface area (Å²) in [5.74, 6) is -0.825. The first-order chi connectivity index (χ1) is 6.02. The summed E-state index contributed by atoms with van der Waals surface area (Å²) < 4.78 is 4.68. The van der Waals surface area contributed by atoms with E-state index in [0.29, 0.717) is 18.6 Å². The Morgan fingerprint density at radius 2 is 1.85 bits per heavy atom. The van der Waals surface area contributed by atoms with Gasteiger partial charge in [-0.25, -0.2) is 0 Å². The van der Waals surface area contributed by atoms with Gasteiger partial charge < -0.3 is 9.84 Å². The molecule has 0 aromatic carbocycles. The fraction of sp³-hybridized carbons (Fsp3) is 0.556. The predicted molar refractivity (Wildman–Crippen MR) is 47.0 cm³/mol. The van der Waals surface area contributed by atoms with Gasteiger partial charge in [0, 0.05) is 12.8 Å². The molecular weight excluding hydrogens is 172 g/mol. The summed E-state index contributed by atoms with van der Waals surface area (Å²) in [4.78, 5) is 21.0. The van der Waals surface area contributed by atoms with Crippen molar-refractivity contribution in [1.82, 2.24) is 0 Å². The van der Waals surface area contributed by atoms with Crippen LogP contribution in [0.1, 0.15) is 32.6 Å². The highest BCUT2D eigenvalue weighted by atomic mass is 16.5. The maximum Gasteiger partial charge on any atom is 0.310 e. The van der Waals surface area contributed by atoms with Crippen molar-refractivity contribution in [2.45, 2.75) is 32.6 Å². The van der Waals surface area contributed by atoms with E-state index in [1.807, 2.05) is 0 Å². The lowest BCUT2D eigenvalue weighted by molar-refractivity contribution is -0.140. The second kappa shape index (κ2) is 6.22. The van der Waals surface area contributed by atoms with Crippen LogP contribution in [-0.2, 0) is 14.3 Å². The molecule has 0 amide bonds. The lowest BCUT2D eigenvalue weighted by Crippen LogP contribution is -2.02. The average Bonchev–Trinajstić information content (AvgIpc) is 1.96. The largest absolute Gasteiger partial charge is 0.481 e. The van der Waals surface area contributed by atoms with E-state index in [1.165, 1.54) is 0 Å². The molecule has 4 nitrogen and oxygen atoms in total. The number of esters is 1. The first kappa shape index (κ1) is 11.7. The molecule has 4 heteroatoms. The van der Waals surface area contributed by atoms with Gasteiger partial charge in [-0.05, 0) is 19.8 Å². The summed E-state index contributed by atoms with van der Waals surface area (Å²) in [5.41, 5.74) is 0. The first-order valence-electron chi connectivity index (χ1n) is 4.10. The van der Waals surface area contributed by atoms with Gasteiger partial charge in [0.05, 0.1) is 5.76 Å². The van der Waals surface area contributed by atoms with Crippen molar-refractivity contribution in [2.24, 2.45) is 0 Å². The van der Waals surface area contributed by atoms with Crippen LogP contribution in [-0.4, -0.2) is 17.0 Å². The van der Waals surface area contributed by atoms with Crippen LogP contribution in [0, 0.1) is 0 Å². The first-order valence-corrected chi connectivity index (χ1v) is 4.10. The molecule has 0 saturated heterocycles. The van der Waals surface area contributed by atoms with E-state index < -0.39 is 5.97 Å². The number of hydrogen-bond donors (Lipinski definition) is 1. The lowest BCUT2D eigenvalue weighted by Gasteiger charge is -2.01. The zero-order valence-corrected chi connectivity index (χ0v) is 7.71. The summed E-state index contributed by atoms with van der Waals surface area (Å²) in [6, 6.07) is 0. The molecule has 0 heterocycles. The maximum absolute atomic E-state index is 10.9. The van der Waals surface area contributed by atoms with E-state index >= 15 is 0 Å². The minimum absolute atomic E-state index is 0.0976. The number of carbonyl (C=O) groups is 2. The quantitative estimate of drug-likeness (QED) is 0.389. The molecule has 0 saturated carbocycles. The highest BCUT2D eigenvalue weighted by molar-refractivity contribution is 5.70. The number of carbonyl (C=O) groups excluding carboxylic acids is 1. The Balaban J connectivity index is 3.37. The normalized spacial score (nSPS) is 9.31. The molecule has 0 radical (unpaired) electrons. The highest BCUT2D eigenvalue weighted by Crippen LogP contribution is 2.03. The summed E-state index contributed by atoms with van der Waals surface area (Å²) >= 11 is 0. The fourth-order valence-electron chi connectivity index (χ4n) is 0.791. The second-order valence-electron chi connectivity index (χ2n) is 2.78. The Bertz CT molecular complexity index is 208. The molecule has 0 aromatic rings. The number of carboxylic acid groups (broad SMARTS) is 1. The van der Waals surface area contributed by atoms with Crippen LogP contribution >= 0.6 is 0 Å². The van der Waals surface area contributed by atoms with Crippen LogP contribution in [0.5, 0.6) is 0 Å². The molecule has 0 rings (SSSR count). The zero-order chi connectivity index (χ0) is 10.3. The van der Waals surface area contributed by atoms with Crippen molar-refractivity contribution >= 4 is 11.9 Å². The third-order valence-corrected chi connectivity index (χ3v) is 1.31. The maximum atomic E-state index is 10.9. The molecule has 0 fully saturated rings. The monoisotopic (exact) mass is 186 g/mol. The Labute approximate surface area is 77.2 Å². The molecule has 1 N–H and O–H groups in total. The third kappa shape index (κ3) is 8.59. The van der Waals surface area contributed by atoms with E-state index in [1.54, 1.807) is 6.92 Å². The van der Waals surface area contributed by atoms with Crippen molar-refractivity contribution in [1.29, 1.82) is 0 Å². The summed E-state index contributed by atoms with van der Waals surface area (Å²) in [6.07, 6.45) is 1.39. The Morgan fingerprint density at radius 3 is 2.31 bits per heavy atom. The summed E-state index contributed by atoms with van der Waals surface area (Å²) in [5, 5.41) is 8.29. The Hall–Kier alpha value is -1.32. The molecule has 0 bridgehead atoms. The summed E-state index contributed by atoms with van der Waals surface area (Å²) in [6.45, 7) is 5.01. The molecule has 13 heavy (non-hydrogen) atoms. The lowest BCUT2D eigenvalue weighted by atomic mass is 10.2. The number of unbranched alkanes of at least 4 members (excludes halogenated alkanes) is 1. The van der Waals surface area contributed by atoms with Crippen LogP contribution < -0.4 is 0 Å². The molecule has 0 aromatic heterocycles. The van der Waals surface area contributed by atoms with Gasteiger partial charge in [-0.1, -0.05) is 6.58 Å². The number of hydrogen-bond acceptors (Lipinski definition) is 3. The molecule has 0 aliphatic heterocycles. The summed E-state index contributed by atoms with van der Waals surface area (Å²) in [7, 11) is 0. The average molecular weight is 186 g/mol. The van der Waals surface area contributed by atoms with Gasteiger partial charge in [0.2, 0.25) is 0 Å². The van der Waals surface area contributed by atoms with Crippen molar-refractivity contribution in [3.8, 4) is 0 Å². The van der Waals surface area contributed by atoms with Gasteiger partial charge in [-0.2, -0.15) is 0 Å². The van der Waals surface area contributed by atoms with Gasteiger partial charge in [0.15, 0.2) is 0 Å². The Kier molecular flexibility index (Phi) is 5.59. The van der Waals surface area contributed by atoms with Gasteiger partial charge in [-0.15, -0.1) is 0 Å². The van der Waals surface area contributed by atoms with Crippen molar-refractivity contribution in [2.75, 3.05) is 0 Å². The molecule has 0 atom stereocenters. The number of allylic oxidation sites excluding steroid dienone is 1. The fourth-order valence-corrected chi connectivity index (χ4v) is 0.791. The van der Waals surface area contributed by atoms with E-state index in [2.05, 4.69) is 11.3 Å². The SMILES string of the molecule is C=C(C)OC(=O)CCCCC(=O)O. The van der Waals surface area contributed by atoms with E-state index in [9.17, 15) is 9.59 Å². The number of carboxylic acids is 1. The van der Waals surface area contributed by atoms with E-state index in [0.717, 1.165) is 0 Å². The van der Waals surface area contributed by atoms with E-state index in [-0.39, 0.29) is 18.8 Å². The number of ether oxygens (including phenoxy) is 1. The van der Waals surface area contributed by atoms with Crippen LogP contribution in [0.25, 0.3) is 0 Å². The van der Waals surface area contributed by atoms with Crippen molar-refractivity contribution in [3.63, 3.8) is 0 Å². The van der Waals surface area contributed by atoms with Crippen LogP contribution in [0.2, 0.25) is 0 Å². The minimum Gasteiger partial charge on any atom is -0.481 e. The van der Waals surface area contributed by atoms with Gasteiger partial charge >= 0.3 is 11.9 Å². The van der Waals surface area contributed by atoms with Gasteiger partial charge in [0.25, 0.3) is 0 Å². The van der Waals surface area contributed by atoms with Crippen LogP contribution in [0.3, 0.4) is 0 Å². The van der Waals surface area contributed by atoms with E-state index in [4.69, 9.17) is 5.11 Å². The number of rotatable bonds is 6. The number of aliphatic carboxylic acids is 1.